The van der Waals surface area contributed by atoms with Crippen LogP contribution in [0.5, 0.6) is 0 Å². The van der Waals surface area contributed by atoms with Gasteiger partial charge < -0.3 is 20.4 Å². The first-order valence-corrected chi connectivity index (χ1v) is 6.84. The first-order valence-electron chi connectivity index (χ1n) is 6.84. The molecule has 2 rings (SSSR count). The largest absolute Gasteiger partial charge is 0.383 e. The van der Waals surface area contributed by atoms with E-state index in [4.69, 9.17) is 10.5 Å². The van der Waals surface area contributed by atoms with Crippen LogP contribution in [0.1, 0.15) is 11.4 Å². The molecule has 2 aromatic rings. The van der Waals surface area contributed by atoms with E-state index in [1.54, 1.807) is 36.0 Å². The summed E-state index contributed by atoms with van der Waals surface area (Å²) in [6, 6.07) is 4.06. The molecule has 0 saturated carbocycles. The van der Waals surface area contributed by atoms with E-state index in [9.17, 15) is 9.18 Å². The number of aryl methyl sites for hydroxylation is 1. The third kappa shape index (κ3) is 3.69. The fourth-order valence-electron chi connectivity index (χ4n) is 2.06. The van der Waals surface area contributed by atoms with Crippen molar-refractivity contribution in [3.05, 3.63) is 47.8 Å². The molecule has 1 heterocycles. The Morgan fingerprint density at radius 2 is 2.32 bits per heavy atom. The van der Waals surface area contributed by atoms with Crippen LogP contribution in [0.25, 0.3) is 5.69 Å². The van der Waals surface area contributed by atoms with Gasteiger partial charge in [0, 0.05) is 26.0 Å². The number of ether oxygens (including phenoxy) is 1. The highest BCUT2D eigenvalue weighted by Crippen LogP contribution is 2.16. The minimum absolute atomic E-state index is 0.138. The van der Waals surface area contributed by atoms with Gasteiger partial charge in [0.25, 0.3) is 0 Å². The van der Waals surface area contributed by atoms with Crippen molar-refractivity contribution < 1.29 is 13.9 Å². The van der Waals surface area contributed by atoms with Gasteiger partial charge in [-0.25, -0.2) is 9.37 Å². The van der Waals surface area contributed by atoms with Gasteiger partial charge in [0.2, 0.25) is 5.91 Å². The third-order valence-corrected chi connectivity index (χ3v) is 3.25. The lowest BCUT2D eigenvalue weighted by Crippen LogP contribution is -2.43. The van der Waals surface area contributed by atoms with Gasteiger partial charge in [-0.1, -0.05) is 6.07 Å². The molecule has 0 aliphatic heterocycles. The number of methoxy groups -OCH3 is 1. The van der Waals surface area contributed by atoms with Crippen molar-refractivity contribution in [1.82, 2.24) is 14.9 Å². The lowest BCUT2D eigenvalue weighted by molar-refractivity contribution is -0.123. The first-order chi connectivity index (χ1) is 10.5. The molecule has 0 bridgehead atoms. The molecule has 1 unspecified atom stereocenters. The van der Waals surface area contributed by atoms with Gasteiger partial charge in [-0.05, 0) is 24.6 Å². The molecule has 1 aromatic carbocycles. The molecule has 0 aliphatic rings. The lowest BCUT2D eigenvalue weighted by atomic mass is 10.2. The Kier molecular flexibility index (Phi) is 5.24. The Bertz CT molecular complexity index is 657. The average molecular weight is 306 g/mol. The summed E-state index contributed by atoms with van der Waals surface area (Å²) in [4.78, 5) is 15.7. The maximum Gasteiger partial charge on any atom is 0.239 e. The highest BCUT2D eigenvalue weighted by atomic mass is 19.1. The number of benzene rings is 1. The van der Waals surface area contributed by atoms with Crippen LogP contribution in [0.15, 0.2) is 30.6 Å². The molecule has 1 aromatic heterocycles. The second-order valence-electron chi connectivity index (χ2n) is 4.91. The maximum absolute atomic E-state index is 14.2. The van der Waals surface area contributed by atoms with Crippen LogP contribution < -0.4 is 11.1 Å². The van der Waals surface area contributed by atoms with E-state index in [0.717, 1.165) is 0 Å². The van der Waals surface area contributed by atoms with E-state index in [1.807, 2.05) is 0 Å². The van der Waals surface area contributed by atoms with Gasteiger partial charge in [-0.3, -0.25) is 4.79 Å². The van der Waals surface area contributed by atoms with Gasteiger partial charge in [-0.15, -0.1) is 0 Å². The first kappa shape index (κ1) is 16.1. The van der Waals surface area contributed by atoms with Crippen LogP contribution >= 0.6 is 0 Å². The van der Waals surface area contributed by atoms with Gasteiger partial charge in [0.05, 0.1) is 12.3 Å². The second-order valence-corrected chi connectivity index (χ2v) is 4.91. The molecule has 118 valence electrons. The SMILES string of the molecule is COCC(N)C(=O)NCc1ccc(-n2ccnc2C)c(F)c1. The number of hydrogen-bond donors (Lipinski definition) is 2. The Balaban J connectivity index is 2.04. The Labute approximate surface area is 128 Å². The zero-order chi connectivity index (χ0) is 16.1. The summed E-state index contributed by atoms with van der Waals surface area (Å²) in [6.07, 6.45) is 3.30. The van der Waals surface area contributed by atoms with Crippen LogP contribution in [-0.2, 0) is 16.1 Å². The molecule has 0 aliphatic carbocycles. The molecule has 0 spiro atoms. The van der Waals surface area contributed by atoms with Gasteiger partial charge >= 0.3 is 0 Å². The maximum atomic E-state index is 14.2. The number of hydrogen-bond acceptors (Lipinski definition) is 4. The number of nitrogens with zero attached hydrogens (tertiary/aromatic N) is 2. The van der Waals surface area contributed by atoms with E-state index >= 15 is 0 Å². The number of carbonyl (C=O) groups is 1. The number of aromatic nitrogens is 2. The van der Waals surface area contributed by atoms with E-state index in [1.165, 1.54) is 13.2 Å². The van der Waals surface area contributed by atoms with Crippen molar-refractivity contribution in [1.29, 1.82) is 0 Å². The Morgan fingerprint density at radius 1 is 1.55 bits per heavy atom. The van der Waals surface area contributed by atoms with Crippen molar-refractivity contribution >= 4 is 5.91 Å². The summed E-state index contributed by atoms with van der Waals surface area (Å²) >= 11 is 0. The summed E-state index contributed by atoms with van der Waals surface area (Å²) in [6.45, 7) is 2.14. The number of imidazole rings is 1. The molecular weight excluding hydrogens is 287 g/mol. The molecule has 1 atom stereocenters. The molecule has 22 heavy (non-hydrogen) atoms. The van der Waals surface area contributed by atoms with Gasteiger partial charge in [-0.2, -0.15) is 0 Å². The highest BCUT2D eigenvalue weighted by molar-refractivity contribution is 5.81. The Hall–Kier alpha value is -2.25. The molecule has 0 radical (unpaired) electrons. The van der Waals surface area contributed by atoms with Crippen LogP contribution in [0.2, 0.25) is 0 Å². The molecule has 0 fully saturated rings. The smallest absolute Gasteiger partial charge is 0.239 e. The molecular formula is C15H19FN4O2. The van der Waals surface area contributed by atoms with Gasteiger partial charge in [0.1, 0.15) is 17.7 Å². The number of halogens is 1. The van der Waals surface area contributed by atoms with Crippen LogP contribution in [0.3, 0.4) is 0 Å². The van der Waals surface area contributed by atoms with Crippen molar-refractivity contribution in [2.45, 2.75) is 19.5 Å². The zero-order valence-corrected chi connectivity index (χ0v) is 12.5. The summed E-state index contributed by atoms with van der Waals surface area (Å²) in [5.41, 5.74) is 6.67. The predicted octanol–water partition coefficient (Wildman–Crippen LogP) is 0.910. The lowest BCUT2D eigenvalue weighted by Gasteiger charge is -2.12. The molecule has 7 heteroatoms. The van der Waals surface area contributed by atoms with Crippen molar-refractivity contribution in [3.63, 3.8) is 0 Å². The number of nitrogens with two attached hydrogens (primary N) is 1. The van der Waals surface area contributed by atoms with Crippen molar-refractivity contribution in [2.24, 2.45) is 5.73 Å². The van der Waals surface area contributed by atoms with E-state index in [0.29, 0.717) is 17.1 Å². The van der Waals surface area contributed by atoms with Crippen molar-refractivity contribution in [3.8, 4) is 5.69 Å². The molecule has 0 saturated heterocycles. The minimum Gasteiger partial charge on any atom is -0.383 e. The topological polar surface area (TPSA) is 82.2 Å². The highest BCUT2D eigenvalue weighted by Gasteiger charge is 2.13. The Morgan fingerprint density at radius 3 is 2.91 bits per heavy atom. The number of nitrogens with one attached hydrogen (secondary N) is 1. The quantitative estimate of drug-likeness (QED) is 0.831. The molecule has 1 amide bonds. The number of rotatable bonds is 6. The fourth-order valence-corrected chi connectivity index (χ4v) is 2.06. The summed E-state index contributed by atoms with van der Waals surface area (Å²) in [5.74, 6) is -0.0173. The van der Waals surface area contributed by atoms with Crippen molar-refractivity contribution in [2.75, 3.05) is 13.7 Å². The average Bonchev–Trinajstić information content (AvgIpc) is 2.91. The third-order valence-electron chi connectivity index (χ3n) is 3.25. The van der Waals surface area contributed by atoms with Crippen LogP contribution in [0, 0.1) is 12.7 Å². The predicted molar refractivity (Wildman–Crippen MR) is 80.0 cm³/mol. The van der Waals surface area contributed by atoms with Crippen LogP contribution in [0.4, 0.5) is 4.39 Å². The van der Waals surface area contributed by atoms with E-state index in [2.05, 4.69) is 10.3 Å². The van der Waals surface area contributed by atoms with Gasteiger partial charge in [0.15, 0.2) is 0 Å². The van der Waals surface area contributed by atoms with E-state index < -0.39 is 6.04 Å². The van der Waals surface area contributed by atoms with E-state index in [-0.39, 0.29) is 24.9 Å². The molecule has 6 nitrogen and oxygen atoms in total. The van der Waals surface area contributed by atoms with Crippen LogP contribution in [-0.4, -0.2) is 35.2 Å². The molecule has 3 N–H and O–H groups in total. The standard InChI is InChI=1S/C15H19FN4O2/c1-10-18-5-6-20(10)14-4-3-11(7-12(14)16)8-19-15(21)13(17)9-22-2/h3-7,13H,8-9,17H2,1-2H3,(H,19,21). The number of carbonyl (C=O) groups excluding carboxylic acids is 1. The summed E-state index contributed by atoms with van der Waals surface area (Å²) in [7, 11) is 1.47. The summed E-state index contributed by atoms with van der Waals surface area (Å²) < 4.78 is 20.7. The normalized spacial score (nSPS) is 12.2. The number of amides is 1. The second kappa shape index (κ2) is 7.15. The monoisotopic (exact) mass is 306 g/mol. The zero-order valence-electron chi connectivity index (χ0n) is 12.5. The fraction of sp³-hybridized carbons (Fsp3) is 0.333. The minimum atomic E-state index is -0.734. The summed E-state index contributed by atoms with van der Waals surface area (Å²) in [5, 5.41) is 2.65.